The largest absolute Gasteiger partial charge is 0.271 e. The van der Waals surface area contributed by atoms with Crippen molar-refractivity contribution >= 4 is 15.4 Å². The van der Waals surface area contributed by atoms with Crippen molar-refractivity contribution in [3.8, 4) is 0 Å². The molecule has 110 valence electrons. The fourth-order valence-corrected chi connectivity index (χ4v) is 3.10. The van der Waals surface area contributed by atoms with Gasteiger partial charge in [0, 0.05) is 23.6 Å². The van der Waals surface area contributed by atoms with Crippen LogP contribution in [0, 0.1) is 0 Å². The summed E-state index contributed by atoms with van der Waals surface area (Å²) in [6.07, 6.45) is 4.88. The molecule has 0 aliphatic heterocycles. The van der Waals surface area contributed by atoms with Crippen LogP contribution in [0.3, 0.4) is 0 Å². The Morgan fingerprint density at radius 1 is 1.45 bits per heavy atom. The first-order valence-corrected chi connectivity index (χ1v) is 8.48. The molecular weight excluding hydrogens is 276 g/mol. The minimum atomic E-state index is -2.92. The van der Waals surface area contributed by atoms with Crippen molar-refractivity contribution in [3.05, 3.63) is 36.2 Å². The van der Waals surface area contributed by atoms with Crippen LogP contribution in [0.2, 0.25) is 0 Å². The number of hydrogen-bond acceptors (Lipinski definition) is 5. The van der Waals surface area contributed by atoms with Crippen molar-refractivity contribution < 1.29 is 8.42 Å². The monoisotopic (exact) mass is 296 g/mol. The highest BCUT2D eigenvalue weighted by Crippen LogP contribution is 2.22. The van der Waals surface area contributed by atoms with Crippen LogP contribution in [0.5, 0.6) is 0 Å². The van der Waals surface area contributed by atoms with Crippen LogP contribution in [-0.2, 0) is 9.84 Å². The van der Waals surface area contributed by atoms with Gasteiger partial charge in [0.15, 0.2) is 0 Å². The van der Waals surface area contributed by atoms with Crippen molar-refractivity contribution in [2.45, 2.75) is 25.8 Å². The second-order valence-electron chi connectivity index (χ2n) is 4.73. The van der Waals surface area contributed by atoms with Crippen molar-refractivity contribution in [2.75, 3.05) is 11.5 Å². The Balaban J connectivity index is 2.09. The second-order valence-corrected chi connectivity index (χ2v) is 7.20. The molecule has 2 rings (SSSR count). The van der Waals surface area contributed by atoms with E-state index in [4.69, 9.17) is 5.84 Å². The van der Waals surface area contributed by atoms with Crippen LogP contribution in [0.4, 0.5) is 0 Å². The molecule has 3 N–H and O–H groups in total. The maximum atomic E-state index is 11.5. The first kappa shape index (κ1) is 15.0. The van der Waals surface area contributed by atoms with E-state index in [2.05, 4.69) is 10.5 Å². The lowest BCUT2D eigenvalue weighted by molar-refractivity contribution is 0.510. The van der Waals surface area contributed by atoms with Crippen LogP contribution in [0.25, 0.3) is 5.52 Å². The van der Waals surface area contributed by atoms with Gasteiger partial charge in [-0.2, -0.15) is 5.10 Å². The molecule has 2 heterocycles. The number of nitrogens with two attached hydrogens (primary N) is 1. The number of aromatic nitrogens is 2. The Kier molecular flexibility index (Phi) is 4.74. The average molecular weight is 296 g/mol. The molecule has 0 bridgehead atoms. The zero-order valence-corrected chi connectivity index (χ0v) is 12.3. The highest BCUT2D eigenvalue weighted by atomic mass is 32.2. The molecule has 0 saturated heterocycles. The Bertz CT molecular complexity index is 666. The van der Waals surface area contributed by atoms with Crippen molar-refractivity contribution in [1.82, 2.24) is 15.0 Å². The summed E-state index contributed by atoms with van der Waals surface area (Å²) in [5, 5.41) is 4.26. The standard InChI is InChI=1S/C13H20N4O2S/c1-2-20(18,19)9-5-6-12(16-14)11-10-15-17-8-4-3-7-13(11)17/h3-4,7-8,10,12,16H,2,5-6,9,14H2,1H3. The van der Waals surface area contributed by atoms with Crippen molar-refractivity contribution in [1.29, 1.82) is 0 Å². The first-order valence-electron chi connectivity index (χ1n) is 6.66. The van der Waals surface area contributed by atoms with E-state index in [9.17, 15) is 8.42 Å². The average Bonchev–Trinajstić information content (AvgIpc) is 2.87. The molecular formula is C13H20N4O2S. The Morgan fingerprint density at radius 3 is 2.95 bits per heavy atom. The first-order chi connectivity index (χ1) is 9.57. The molecule has 2 aromatic heterocycles. The second kappa shape index (κ2) is 6.34. The van der Waals surface area contributed by atoms with E-state index in [0.717, 1.165) is 11.1 Å². The van der Waals surface area contributed by atoms with Crippen LogP contribution in [0.15, 0.2) is 30.6 Å². The van der Waals surface area contributed by atoms with Gasteiger partial charge in [-0.25, -0.2) is 12.9 Å². The lowest BCUT2D eigenvalue weighted by Gasteiger charge is -2.14. The maximum absolute atomic E-state index is 11.5. The molecule has 6 nitrogen and oxygen atoms in total. The van der Waals surface area contributed by atoms with E-state index in [1.807, 2.05) is 24.4 Å². The summed E-state index contributed by atoms with van der Waals surface area (Å²) in [6.45, 7) is 1.67. The van der Waals surface area contributed by atoms with E-state index in [-0.39, 0.29) is 17.5 Å². The maximum Gasteiger partial charge on any atom is 0.150 e. The van der Waals surface area contributed by atoms with Gasteiger partial charge in [0.2, 0.25) is 0 Å². The van der Waals surface area contributed by atoms with Crippen LogP contribution >= 0.6 is 0 Å². The predicted octanol–water partition coefficient (Wildman–Crippen LogP) is 1.05. The molecule has 0 aliphatic rings. The topological polar surface area (TPSA) is 89.5 Å². The molecule has 20 heavy (non-hydrogen) atoms. The molecule has 0 spiro atoms. The summed E-state index contributed by atoms with van der Waals surface area (Å²) < 4.78 is 24.8. The SMILES string of the molecule is CCS(=O)(=O)CCCC(NN)c1cnn2ccccc12. The normalized spacial score (nSPS) is 13.7. The zero-order valence-electron chi connectivity index (χ0n) is 11.5. The lowest BCUT2D eigenvalue weighted by atomic mass is 10.0. The smallest absolute Gasteiger partial charge is 0.150 e. The van der Waals surface area contributed by atoms with E-state index in [0.29, 0.717) is 12.8 Å². The number of nitrogens with zero attached hydrogens (tertiary/aromatic N) is 2. The van der Waals surface area contributed by atoms with Gasteiger partial charge in [0.05, 0.1) is 17.5 Å². The molecule has 7 heteroatoms. The Labute approximate surface area is 118 Å². The third-order valence-corrected chi connectivity index (χ3v) is 5.21. The molecule has 1 atom stereocenters. The fourth-order valence-electron chi connectivity index (χ4n) is 2.20. The molecule has 0 aromatic carbocycles. The quantitative estimate of drug-likeness (QED) is 0.589. The molecule has 0 aliphatic carbocycles. The third-order valence-electron chi connectivity index (χ3n) is 3.42. The number of fused-ring (bicyclic) bond motifs is 1. The number of pyridine rings is 1. The summed E-state index contributed by atoms with van der Waals surface area (Å²) in [6, 6.07) is 5.72. The summed E-state index contributed by atoms with van der Waals surface area (Å²) in [7, 11) is -2.92. The summed E-state index contributed by atoms with van der Waals surface area (Å²) >= 11 is 0. The molecule has 0 radical (unpaired) electrons. The molecule has 0 amide bonds. The highest BCUT2D eigenvalue weighted by molar-refractivity contribution is 7.91. The Hall–Kier alpha value is -1.44. The third kappa shape index (κ3) is 3.36. The zero-order chi connectivity index (χ0) is 14.6. The van der Waals surface area contributed by atoms with E-state index in [1.54, 1.807) is 17.6 Å². The number of sulfone groups is 1. The lowest BCUT2D eigenvalue weighted by Crippen LogP contribution is -2.28. The van der Waals surface area contributed by atoms with Crippen LogP contribution < -0.4 is 11.3 Å². The Morgan fingerprint density at radius 2 is 2.25 bits per heavy atom. The van der Waals surface area contributed by atoms with Crippen molar-refractivity contribution in [3.63, 3.8) is 0 Å². The van der Waals surface area contributed by atoms with E-state index in [1.165, 1.54) is 0 Å². The molecule has 0 saturated carbocycles. The number of hydrazine groups is 1. The number of hydrogen-bond donors (Lipinski definition) is 2. The van der Waals surface area contributed by atoms with Crippen molar-refractivity contribution in [2.24, 2.45) is 5.84 Å². The number of nitrogens with one attached hydrogen (secondary N) is 1. The molecule has 2 aromatic rings. The van der Waals surface area contributed by atoms with Gasteiger partial charge >= 0.3 is 0 Å². The van der Waals surface area contributed by atoms with E-state index < -0.39 is 9.84 Å². The molecule has 0 fully saturated rings. The summed E-state index contributed by atoms with van der Waals surface area (Å²) in [4.78, 5) is 0. The van der Waals surface area contributed by atoms with Gasteiger partial charge in [-0.15, -0.1) is 0 Å². The van der Waals surface area contributed by atoms with Crippen LogP contribution in [0.1, 0.15) is 31.4 Å². The highest BCUT2D eigenvalue weighted by Gasteiger charge is 2.16. The van der Waals surface area contributed by atoms with Gasteiger partial charge in [-0.05, 0) is 25.0 Å². The summed E-state index contributed by atoms with van der Waals surface area (Å²) in [5.41, 5.74) is 4.72. The van der Waals surface area contributed by atoms with Gasteiger partial charge < -0.3 is 0 Å². The number of rotatable bonds is 7. The molecule has 1 unspecified atom stereocenters. The van der Waals surface area contributed by atoms with Gasteiger partial charge in [-0.1, -0.05) is 13.0 Å². The minimum Gasteiger partial charge on any atom is -0.271 e. The van der Waals surface area contributed by atoms with E-state index >= 15 is 0 Å². The van der Waals surface area contributed by atoms with Gasteiger partial charge in [-0.3, -0.25) is 11.3 Å². The minimum absolute atomic E-state index is 0.0954. The summed E-state index contributed by atoms with van der Waals surface area (Å²) in [5.74, 6) is 5.98. The predicted molar refractivity (Wildman–Crippen MR) is 78.8 cm³/mol. The van der Waals surface area contributed by atoms with Gasteiger partial charge in [0.25, 0.3) is 0 Å². The van der Waals surface area contributed by atoms with Crippen LogP contribution in [-0.4, -0.2) is 29.5 Å². The van der Waals surface area contributed by atoms with Gasteiger partial charge in [0.1, 0.15) is 9.84 Å². The fraction of sp³-hybridized carbons (Fsp3) is 0.462.